The third-order valence-electron chi connectivity index (χ3n) is 3.41. The summed E-state index contributed by atoms with van der Waals surface area (Å²) in [5.41, 5.74) is 3.86. The van der Waals surface area contributed by atoms with Crippen LogP contribution in [0.25, 0.3) is 0 Å². The Morgan fingerprint density at radius 2 is 0.917 bits per heavy atom. The summed E-state index contributed by atoms with van der Waals surface area (Å²) in [5, 5.41) is 17.4. The molecule has 0 aliphatic heterocycles. The summed E-state index contributed by atoms with van der Waals surface area (Å²) in [4.78, 5) is 0. The maximum atomic E-state index is 8.72. The van der Waals surface area contributed by atoms with Crippen LogP contribution in [-0.4, -0.2) is 0 Å². The van der Waals surface area contributed by atoms with Gasteiger partial charge in [-0.3, -0.25) is 0 Å². The summed E-state index contributed by atoms with van der Waals surface area (Å²) >= 11 is 0. The maximum absolute atomic E-state index is 8.72. The standard InChI is InChI=1S/2C10H11N.C2H6/c2*1-8(2)10-6-4-3-5-9(10)7-11;1-2/h2*3-6,8H,1-2H3;1-2H3. The predicted octanol–water partition coefficient (Wildman–Crippen LogP) is 6.39. The van der Waals surface area contributed by atoms with Gasteiger partial charge in [0.05, 0.1) is 23.3 Å². The van der Waals surface area contributed by atoms with Crippen LogP contribution in [-0.2, 0) is 0 Å². The van der Waals surface area contributed by atoms with E-state index >= 15 is 0 Å². The third kappa shape index (κ3) is 6.67. The van der Waals surface area contributed by atoms with Crippen LogP contribution in [0.3, 0.4) is 0 Å². The summed E-state index contributed by atoms with van der Waals surface area (Å²) in [6, 6.07) is 19.8. The average Bonchev–Trinajstić information content (AvgIpc) is 2.63. The minimum Gasteiger partial charge on any atom is -0.192 e. The highest BCUT2D eigenvalue weighted by atomic mass is 14.2. The van der Waals surface area contributed by atoms with E-state index in [9.17, 15) is 0 Å². The molecule has 0 radical (unpaired) electrons. The molecular formula is C22H28N2. The van der Waals surface area contributed by atoms with Crippen molar-refractivity contribution in [2.75, 3.05) is 0 Å². The first-order chi connectivity index (χ1) is 11.5. The van der Waals surface area contributed by atoms with Crippen LogP contribution in [0.4, 0.5) is 0 Å². The van der Waals surface area contributed by atoms with Crippen molar-refractivity contribution in [3.05, 3.63) is 70.8 Å². The molecule has 0 aliphatic carbocycles. The van der Waals surface area contributed by atoms with Gasteiger partial charge in [0.25, 0.3) is 0 Å². The van der Waals surface area contributed by atoms with Crippen LogP contribution < -0.4 is 0 Å². The summed E-state index contributed by atoms with van der Waals surface area (Å²) in [5.74, 6) is 0.872. The summed E-state index contributed by atoms with van der Waals surface area (Å²) < 4.78 is 0. The molecule has 0 atom stereocenters. The Morgan fingerprint density at radius 1 is 0.625 bits per heavy atom. The largest absolute Gasteiger partial charge is 0.192 e. The van der Waals surface area contributed by atoms with E-state index in [2.05, 4.69) is 39.8 Å². The molecule has 24 heavy (non-hydrogen) atoms. The second-order valence-corrected chi connectivity index (χ2v) is 5.71. The molecule has 126 valence electrons. The number of nitriles is 2. The van der Waals surface area contributed by atoms with Crippen molar-refractivity contribution in [2.45, 2.75) is 53.4 Å². The smallest absolute Gasteiger partial charge is 0.0994 e. The molecule has 0 fully saturated rings. The molecule has 0 unspecified atom stereocenters. The molecule has 2 nitrogen and oxygen atoms in total. The lowest BCUT2D eigenvalue weighted by Gasteiger charge is -2.05. The van der Waals surface area contributed by atoms with Gasteiger partial charge in [0.1, 0.15) is 0 Å². The molecule has 0 saturated heterocycles. The van der Waals surface area contributed by atoms with Crippen molar-refractivity contribution >= 4 is 0 Å². The highest BCUT2D eigenvalue weighted by molar-refractivity contribution is 5.39. The SMILES string of the molecule is CC.CC(C)c1ccccc1C#N.CC(C)c1ccccc1C#N. The molecule has 0 N–H and O–H groups in total. The molecule has 2 aromatic carbocycles. The van der Waals surface area contributed by atoms with E-state index in [1.165, 1.54) is 0 Å². The minimum atomic E-state index is 0.436. The number of nitrogens with zero attached hydrogens (tertiary/aromatic N) is 2. The van der Waals surface area contributed by atoms with Crippen LogP contribution in [0.2, 0.25) is 0 Å². The molecule has 0 aromatic heterocycles. The van der Waals surface area contributed by atoms with Crippen molar-refractivity contribution in [1.29, 1.82) is 10.5 Å². The molecule has 2 rings (SSSR count). The van der Waals surface area contributed by atoms with Gasteiger partial charge >= 0.3 is 0 Å². The first-order valence-electron chi connectivity index (χ1n) is 8.49. The molecule has 0 heterocycles. The highest BCUT2D eigenvalue weighted by Gasteiger charge is 2.03. The number of rotatable bonds is 2. The van der Waals surface area contributed by atoms with Crippen molar-refractivity contribution in [3.63, 3.8) is 0 Å². The molecule has 0 aliphatic rings. The van der Waals surface area contributed by atoms with Gasteiger partial charge in [-0.2, -0.15) is 10.5 Å². The van der Waals surface area contributed by atoms with E-state index < -0.39 is 0 Å². The fraction of sp³-hybridized carbons (Fsp3) is 0.364. The zero-order valence-corrected chi connectivity index (χ0v) is 15.7. The quantitative estimate of drug-likeness (QED) is 0.643. The van der Waals surface area contributed by atoms with Gasteiger partial charge in [-0.1, -0.05) is 77.9 Å². The van der Waals surface area contributed by atoms with Crippen LogP contribution in [0, 0.1) is 22.7 Å². The van der Waals surface area contributed by atoms with E-state index in [0.717, 1.165) is 22.3 Å². The third-order valence-corrected chi connectivity index (χ3v) is 3.41. The van der Waals surface area contributed by atoms with Crippen molar-refractivity contribution in [1.82, 2.24) is 0 Å². The molecule has 2 aromatic rings. The van der Waals surface area contributed by atoms with E-state index in [1.807, 2.05) is 62.4 Å². The van der Waals surface area contributed by atoms with Crippen LogP contribution in [0.5, 0.6) is 0 Å². The normalized spacial score (nSPS) is 9.08. The van der Waals surface area contributed by atoms with Gasteiger partial charge < -0.3 is 0 Å². The fourth-order valence-electron chi connectivity index (χ4n) is 2.20. The van der Waals surface area contributed by atoms with E-state index in [4.69, 9.17) is 10.5 Å². The van der Waals surface area contributed by atoms with Gasteiger partial charge in [0.2, 0.25) is 0 Å². The zero-order valence-electron chi connectivity index (χ0n) is 15.7. The van der Waals surface area contributed by atoms with Gasteiger partial charge in [0, 0.05) is 0 Å². The first kappa shape index (κ1) is 21.4. The molecule has 0 amide bonds. The Morgan fingerprint density at radius 3 is 1.12 bits per heavy atom. The van der Waals surface area contributed by atoms with Crippen molar-refractivity contribution in [2.24, 2.45) is 0 Å². The van der Waals surface area contributed by atoms with Gasteiger partial charge in [-0.05, 0) is 35.1 Å². The van der Waals surface area contributed by atoms with Crippen molar-refractivity contribution in [3.8, 4) is 12.1 Å². The topological polar surface area (TPSA) is 47.6 Å². The Hall–Kier alpha value is -2.58. The Balaban J connectivity index is 0.000000400. The Kier molecular flexibility index (Phi) is 10.6. The van der Waals surface area contributed by atoms with E-state index in [1.54, 1.807) is 0 Å². The minimum absolute atomic E-state index is 0.436. The van der Waals surface area contributed by atoms with Gasteiger partial charge in [-0.25, -0.2) is 0 Å². The van der Waals surface area contributed by atoms with Gasteiger partial charge in [-0.15, -0.1) is 0 Å². The highest BCUT2D eigenvalue weighted by Crippen LogP contribution is 2.18. The van der Waals surface area contributed by atoms with E-state index in [-0.39, 0.29) is 0 Å². The second kappa shape index (κ2) is 11.9. The zero-order chi connectivity index (χ0) is 18.5. The van der Waals surface area contributed by atoms with Gasteiger partial charge in [0.15, 0.2) is 0 Å². The lowest BCUT2D eigenvalue weighted by Crippen LogP contribution is -1.90. The Labute approximate surface area is 147 Å². The monoisotopic (exact) mass is 320 g/mol. The average molecular weight is 320 g/mol. The summed E-state index contributed by atoms with van der Waals surface area (Å²) in [6.07, 6.45) is 0. The molecule has 0 bridgehead atoms. The predicted molar refractivity (Wildman–Crippen MR) is 102 cm³/mol. The number of benzene rings is 2. The van der Waals surface area contributed by atoms with Crippen LogP contribution in [0.1, 0.15) is 75.6 Å². The van der Waals surface area contributed by atoms with Crippen molar-refractivity contribution < 1.29 is 0 Å². The lowest BCUT2D eigenvalue weighted by atomic mass is 9.98. The second-order valence-electron chi connectivity index (χ2n) is 5.71. The maximum Gasteiger partial charge on any atom is 0.0994 e. The fourth-order valence-corrected chi connectivity index (χ4v) is 2.20. The number of hydrogen-bond donors (Lipinski definition) is 0. The molecule has 0 saturated carbocycles. The van der Waals surface area contributed by atoms with Crippen LogP contribution in [0.15, 0.2) is 48.5 Å². The number of hydrogen-bond acceptors (Lipinski definition) is 2. The molecule has 0 spiro atoms. The summed E-state index contributed by atoms with van der Waals surface area (Å²) in [7, 11) is 0. The Bertz CT molecular complexity index is 624. The summed E-state index contributed by atoms with van der Waals surface area (Å²) in [6.45, 7) is 12.4. The first-order valence-corrected chi connectivity index (χ1v) is 8.49. The van der Waals surface area contributed by atoms with E-state index in [0.29, 0.717) is 11.8 Å². The molecular weight excluding hydrogens is 292 g/mol. The molecule has 2 heteroatoms. The van der Waals surface area contributed by atoms with Crippen LogP contribution >= 0.6 is 0 Å². The lowest BCUT2D eigenvalue weighted by molar-refractivity contribution is 0.862.